The van der Waals surface area contributed by atoms with Crippen molar-refractivity contribution < 1.29 is 19.4 Å². The number of hydrogen-bond acceptors (Lipinski definition) is 6. The van der Waals surface area contributed by atoms with Crippen LogP contribution in [0.25, 0.3) is 6.08 Å². The van der Waals surface area contributed by atoms with E-state index in [1.807, 2.05) is 0 Å². The molecule has 0 saturated carbocycles. The minimum atomic E-state index is -0.794. The van der Waals surface area contributed by atoms with Gasteiger partial charge in [-0.05, 0) is 35.9 Å². The van der Waals surface area contributed by atoms with E-state index in [0.717, 1.165) is 6.07 Å². The molecule has 3 aromatic carbocycles. The molecule has 2 N–H and O–H groups in total. The monoisotopic (exact) mass is 466 g/mol. The van der Waals surface area contributed by atoms with Crippen LogP contribution in [0.5, 0.6) is 0 Å². The Morgan fingerprint density at radius 2 is 1.48 bits per heavy atom. The van der Waals surface area contributed by atoms with Crippen molar-refractivity contribution in [1.29, 1.82) is 0 Å². The SMILES string of the molecule is O=C(Nc1cccc([N+](=O)[O-])c1)C(=Cc1cccc([N+](=O)[O-])c1)NC(=O)c1cccc(Cl)c1. The van der Waals surface area contributed by atoms with Gasteiger partial charge in [-0.25, -0.2) is 0 Å². The van der Waals surface area contributed by atoms with Gasteiger partial charge in [0.1, 0.15) is 5.70 Å². The van der Waals surface area contributed by atoms with E-state index in [4.69, 9.17) is 11.6 Å². The van der Waals surface area contributed by atoms with Crippen molar-refractivity contribution in [2.24, 2.45) is 0 Å². The molecule has 3 aromatic rings. The zero-order chi connectivity index (χ0) is 24.0. The van der Waals surface area contributed by atoms with Crippen LogP contribution in [0.15, 0.2) is 78.5 Å². The highest BCUT2D eigenvalue weighted by Gasteiger charge is 2.17. The van der Waals surface area contributed by atoms with Gasteiger partial charge in [-0.2, -0.15) is 0 Å². The van der Waals surface area contributed by atoms with Gasteiger partial charge < -0.3 is 10.6 Å². The smallest absolute Gasteiger partial charge is 0.272 e. The number of carbonyl (C=O) groups excluding carboxylic acids is 2. The summed E-state index contributed by atoms with van der Waals surface area (Å²) in [4.78, 5) is 46.5. The summed E-state index contributed by atoms with van der Waals surface area (Å²) in [5.74, 6) is -1.44. The second kappa shape index (κ2) is 10.2. The van der Waals surface area contributed by atoms with Gasteiger partial charge in [0, 0.05) is 40.5 Å². The first-order valence-corrected chi connectivity index (χ1v) is 9.69. The molecule has 0 bridgehead atoms. The summed E-state index contributed by atoms with van der Waals surface area (Å²) in [5.41, 5.74) is -0.109. The highest BCUT2D eigenvalue weighted by atomic mass is 35.5. The summed E-state index contributed by atoms with van der Waals surface area (Å²) in [5, 5.41) is 27.3. The number of nitro benzene ring substituents is 2. The van der Waals surface area contributed by atoms with Crippen LogP contribution in [0.3, 0.4) is 0 Å². The Morgan fingerprint density at radius 1 is 0.848 bits per heavy atom. The lowest BCUT2D eigenvalue weighted by Crippen LogP contribution is -2.30. The Morgan fingerprint density at radius 3 is 2.15 bits per heavy atom. The zero-order valence-electron chi connectivity index (χ0n) is 16.7. The Bertz CT molecular complexity index is 1290. The van der Waals surface area contributed by atoms with Gasteiger partial charge in [0.05, 0.1) is 9.85 Å². The van der Waals surface area contributed by atoms with Gasteiger partial charge in [0.15, 0.2) is 0 Å². The number of hydrogen-bond donors (Lipinski definition) is 2. The predicted molar refractivity (Wildman–Crippen MR) is 122 cm³/mol. The van der Waals surface area contributed by atoms with E-state index in [-0.39, 0.29) is 33.9 Å². The number of non-ortho nitro benzene ring substituents is 2. The molecule has 0 heterocycles. The van der Waals surface area contributed by atoms with E-state index >= 15 is 0 Å². The number of nitrogens with zero attached hydrogens (tertiary/aromatic N) is 2. The minimum Gasteiger partial charge on any atom is -0.320 e. The molecule has 11 heteroatoms. The zero-order valence-corrected chi connectivity index (χ0v) is 17.5. The Labute approximate surface area is 191 Å². The van der Waals surface area contributed by atoms with Crippen molar-refractivity contribution in [3.05, 3.63) is 115 Å². The fraction of sp³-hybridized carbons (Fsp3) is 0. The molecular formula is C22H15ClN4O6. The quantitative estimate of drug-likeness (QED) is 0.296. The maximum Gasteiger partial charge on any atom is 0.272 e. The summed E-state index contributed by atoms with van der Waals surface area (Å²) in [6, 6.07) is 16.7. The molecule has 166 valence electrons. The van der Waals surface area contributed by atoms with E-state index in [2.05, 4.69) is 10.6 Å². The number of nitrogens with one attached hydrogen (secondary N) is 2. The fourth-order valence-electron chi connectivity index (χ4n) is 2.77. The lowest BCUT2D eigenvalue weighted by atomic mass is 10.1. The summed E-state index contributed by atoms with van der Waals surface area (Å²) in [6.07, 6.45) is 1.25. The van der Waals surface area contributed by atoms with E-state index < -0.39 is 21.7 Å². The molecule has 0 aromatic heterocycles. The molecule has 0 aliphatic heterocycles. The number of nitro groups is 2. The topological polar surface area (TPSA) is 144 Å². The van der Waals surface area contributed by atoms with Crippen LogP contribution in [0.2, 0.25) is 5.02 Å². The van der Waals surface area contributed by atoms with Crippen molar-refractivity contribution >= 4 is 46.6 Å². The van der Waals surface area contributed by atoms with Crippen LogP contribution in [-0.2, 0) is 4.79 Å². The fourth-order valence-corrected chi connectivity index (χ4v) is 2.96. The second-order valence-corrected chi connectivity index (χ2v) is 7.07. The van der Waals surface area contributed by atoms with Gasteiger partial charge in [-0.15, -0.1) is 0 Å². The first-order valence-electron chi connectivity index (χ1n) is 9.32. The van der Waals surface area contributed by atoms with Crippen LogP contribution < -0.4 is 10.6 Å². The summed E-state index contributed by atoms with van der Waals surface area (Å²) in [7, 11) is 0. The van der Waals surface area contributed by atoms with E-state index in [0.29, 0.717) is 5.02 Å². The molecule has 0 fully saturated rings. The molecule has 10 nitrogen and oxygen atoms in total. The Hall–Kier alpha value is -4.57. The average molecular weight is 467 g/mol. The molecule has 0 aliphatic rings. The normalized spacial score (nSPS) is 10.9. The first kappa shape index (κ1) is 23.1. The van der Waals surface area contributed by atoms with Crippen molar-refractivity contribution in [2.75, 3.05) is 5.32 Å². The number of benzene rings is 3. The van der Waals surface area contributed by atoms with Gasteiger partial charge >= 0.3 is 0 Å². The van der Waals surface area contributed by atoms with E-state index in [1.165, 1.54) is 60.7 Å². The third-order valence-corrected chi connectivity index (χ3v) is 4.52. The third kappa shape index (κ3) is 6.21. The molecule has 2 amide bonds. The van der Waals surface area contributed by atoms with Crippen LogP contribution in [0.1, 0.15) is 15.9 Å². The predicted octanol–water partition coefficient (Wildman–Crippen LogP) is 4.57. The molecule has 0 spiro atoms. The van der Waals surface area contributed by atoms with Gasteiger partial charge in [-0.3, -0.25) is 29.8 Å². The molecule has 0 atom stereocenters. The number of anilines is 1. The van der Waals surface area contributed by atoms with E-state index in [9.17, 15) is 29.8 Å². The van der Waals surface area contributed by atoms with Crippen molar-refractivity contribution in [2.45, 2.75) is 0 Å². The van der Waals surface area contributed by atoms with Gasteiger partial charge in [-0.1, -0.05) is 35.9 Å². The second-order valence-electron chi connectivity index (χ2n) is 6.64. The maximum absolute atomic E-state index is 12.9. The minimum absolute atomic E-state index is 0.121. The van der Waals surface area contributed by atoms with Crippen LogP contribution >= 0.6 is 11.6 Å². The lowest BCUT2D eigenvalue weighted by Gasteiger charge is -2.11. The molecule has 33 heavy (non-hydrogen) atoms. The highest BCUT2D eigenvalue weighted by Crippen LogP contribution is 2.19. The van der Waals surface area contributed by atoms with Crippen molar-refractivity contribution in [1.82, 2.24) is 5.32 Å². The van der Waals surface area contributed by atoms with Gasteiger partial charge in [0.2, 0.25) is 0 Å². The molecule has 0 saturated heterocycles. The highest BCUT2D eigenvalue weighted by molar-refractivity contribution is 6.31. The molecule has 0 aliphatic carbocycles. The summed E-state index contributed by atoms with van der Waals surface area (Å²) in [6.45, 7) is 0. The number of amides is 2. The van der Waals surface area contributed by atoms with Crippen molar-refractivity contribution in [3.63, 3.8) is 0 Å². The summed E-state index contributed by atoms with van der Waals surface area (Å²) >= 11 is 5.92. The number of carbonyl (C=O) groups is 2. The molecule has 0 unspecified atom stereocenters. The Balaban J connectivity index is 1.95. The molecular weight excluding hydrogens is 452 g/mol. The number of halogens is 1. The van der Waals surface area contributed by atoms with Crippen LogP contribution in [-0.4, -0.2) is 21.7 Å². The molecule has 0 radical (unpaired) electrons. The maximum atomic E-state index is 12.9. The number of rotatable bonds is 7. The standard InChI is InChI=1S/C22H15ClN4O6/c23-16-6-2-5-15(12-16)21(28)25-20(11-14-4-1-8-18(10-14)26(30)31)22(29)24-17-7-3-9-19(13-17)27(32)33/h1-13H,(H,24,29)(H,25,28). The first-order chi connectivity index (χ1) is 15.7. The third-order valence-electron chi connectivity index (χ3n) is 4.29. The van der Waals surface area contributed by atoms with Gasteiger partial charge in [0.25, 0.3) is 23.2 Å². The van der Waals surface area contributed by atoms with Crippen LogP contribution in [0, 0.1) is 20.2 Å². The van der Waals surface area contributed by atoms with Crippen LogP contribution in [0.4, 0.5) is 17.1 Å². The molecule has 3 rings (SSSR count). The Kier molecular flexibility index (Phi) is 7.11. The average Bonchev–Trinajstić information content (AvgIpc) is 2.79. The van der Waals surface area contributed by atoms with Crippen molar-refractivity contribution in [3.8, 4) is 0 Å². The largest absolute Gasteiger partial charge is 0.320 e. The van der Waals surface area contributed by atoms with E-state index in [1.54, 1.807) is 12.1 Å². The summed E-state index contributed by atoms with van der Waals surface area (Å²) < 4.78 is 0. The lowest BCUT2D eigenvalue weighted by molar-refractivity contribution is -0.385.